The van der Waals surface area contributed by atoms with Gasteiger partial charge in [0, 0.05) is 116 Å². The Morgan fingerprint density at radius 1 is 0.298 bits per heavy atom. The molecule has 4 atom stereocenters. The predicted octanol–water partition coefficient (Wildman–Crippen LogP) is 18.9. The number of aromatic carboxylic acids is 1. The van der Waals surface area contributed by atoms with Gasteiger partial charge in [0.15, 0.2) is 0 Å². The largest absolute Gasteiger partial charge is 0.508 e. The lowest BCUT2D eigenvalue weighted by Crippen LogP contribution is -2.37. The van der Waals surface area contributed by atoms with Gasteiger partial charge in [-0.2, -0.15) is 0 Å². The van der Waals surface area contributed by atoms with Gasteiger partial charge in [-0.25, -0.2) is 26.7 Å². The van der Waals surface area contributed by atoms with E-state index in [1.54, 1.807) is 91.0 Å². The zero-order valence-corrected chi connectivity index (χ0v) is 77.5. The molecule has 0 radical (unpaired) electrons. The van der Waals surface area contributed by atoms with Gasteiger partial charge in [0.1, 0.15) is 70.0 Å². The number of phenols is 1. The number of carboxylic acid groups (broad SMARTS) is 1. The third kappa shape index (κ3) is 26.4. The van der Waals surface area contributed by atoms with Crippen LogP contribution in [0.4, 0.5) is 22.0 Å². The van der Waals surface area contributed by atoms with Crippen molar-refractivity contribution < 1.29 is 60.9 Å². The number of phenolic OH excluding ortho intramolecular Hbond substituents is 1. The van der Waals surface area contributed by atoms with Crippen molar-refractivity contribution in [3.05, 3.63) is 360 Å². The highest BCUT2D eigenvalue weighted by atomic mass is 19.1. The smallest absolute Gasteiger partial charge is 0.335 e. The maximum Gasteiger partial charge on any atom is 0.335 e. The zero-order chi connectivity index (χ0) is 99.6. The minimum absolute atomic E-state index is 0.103. The maximum absolute atomic E-state index is 13.6. The number of carboxylic acids is 1. The molecule has 17 rings (SSSR count). The van der Waals surface area contributed by atoms with Crippen molar-refractivity contribution in [1.82, 2.24) is 41.2 Å². The number of hydrogen-bond acceptors (Lipinski definition) is 15. The van der Waals surface area contributed by atoms with Gasteiger partial charge in [-0.3, -0.25) is 19.2 Å². The van der Waals surface area contributed by atoms with Gasteiger partial charge < -0.3 is 102 Å². The molecule has 24 nitrogen and oxygen atoms in total. The average molecular weight is 1910 g/mol. The summed E-state index contributed by atoms with van der Waals surface area (Å²) < 4.78 is 73.4. The van der Waals surface area contributed by atoms with Crippen LogP contribution in [0.3, 0.4) is 0 Å². The van der Waals surface area contributed by atoms with E-state index in [0.29, 0.717) is 127 Å². The number of carbonyl (C=O) groups is 5. The van der Waals surface area contributed by atoms with Crippen LogP contribution < -0.4 is 71.9 Å². The lowest BCUT2D eigenvalue weighted by molar-refractivity contribution is 0.0695. The number of nitrogens with two attached hydrogens (primary N) is 8. The first-order valence-electron chi connectivity index (χ1n) is 46.6. The van der Waals surface area contributed by atoms with Crippen LogP contribution >= 0.6 is 0 Å². The highest BCUT2D eigenvalue weighted by Crippen LogP contribution is 2.42. The highest BCUT2D eigenvalue weighted by molar-refractivity contribution is 6.14. The summed E-state index contributed by atoms with van der Waals surface area (Å²) in [4.78, 5) is 77.2. The summed E-state index contributed by atoms with van der Waals surface area (Å²) in [5.41, 5.74) is 65.2. The Labute approximate surface area is 811 Å². The Morgan fingerprint density at radius 3 is 0.943 bits per heavy atom. The second kappa shape index (κ2) is 48.5. The molecule has 0 aliphatic rings. The monoisotopic (exact) mass is 1900 g/mol. The van der Waals surface area contributed by atoms with E-state index >= 15 is 0 Å². The highest BCUT2D eigenvalue weighted by Gasteiger charge is 2.27. The number of halogens is 5. The van der Waals surface area contributed by atoms with Crippen molar-refractivity contribution >= 4 is 73.2 Å². The maximum atomic E-state index is 13.6. The Morgan fingerprint density at radius 2 is 0.596 bits per heavy atom. The number of carbonyl (C=O) groups excluding carboxylic acids is 4. The molecule has 4 heterocycles. The molecule has 4 amide bonds. The van der Waals surface area contributed by atoms with Crippen LogP contribution in [0.5, 0.6) is 11.5 Å². The Balaban J connectivity index is 0.000000150. The first-order valence-corrected chi connectivity index (χ1v) is 46.6. The summed E-state index contributed by atoms with van der Waals surface area (Å²) in [6.07, 6.45) is 6.04. The van der Waals surface area contributed by atoms with Gasteiger partial charge in [0.05, 0.1) is 5.56 Å². The zero-order valence-electron chi connectivity index (χ0n) is 77.5. The van der Waals surface area contributed by atoms with E-state index in [0.717, 1.165) is 150 Å². The summed E-state index contributed by atoms with van der Waals surface area (Å²) in [5.74, 6) is -2.93. The standard InChI is InChI=1S/C33H33FN4O2.C27H27FN4O3.C26H26F2N4O.C26H27FN4O2/c34-26-14-11-23(12-15-26)24-13-16-30-29(19-24)31(32(38-30)33(39)37-20-27(36)9-5-17-35)25-8-4-10-28(18-25)40-21-22-6-2-1-3-7-22;28-20-10-7-16(8-11-20)19-9-12-22-23(14-19)32-25(26(33)31-15-21(30)2-1-13-29)24(22)17-3-5-18(6-4-17)27(34)35;27-19-8-3-16(4-9-19)18-7-12-23-22(14-18)24(17-5-10-20(28)11-6-17)25(32-23)26(33)31-15-21(30)2-1-13-29;27-19-9-6-16(7-10-19)17-8-11-23-22(14-17)24(18-3-1-5-21(32)13-18)25(31-23)26(33)30-15-20(29)4-2-12-28/h1-4,6-8,10-16,18-19,27,38H,5,9,17,20-21,35-36H2,(H,37,39);3-12,14,21,32H,1-2,13,15,29-30H2,(H,31,33)(H,34,35);3-12,14,21,32H,1-2,13,15,29-30H2,(H,31,33);1,3,5-11,13-14,20,31-32H,2,4,12,15,28-29H2,(H,30,33)/t27-;2*21-;20-/m0100/s1. The van der Waals surface area contributed by atoms with Crippen LogP contribution in [0, 0.1) is 29.1 Å². The summed E-state index contributed by atoms with van der Waals surface area (Å²) in [6.45, 7) is 3.92. The van der Waals surface area contributed by atoms with E-state index in [2.05, 4.69) is 41.2 Å². The molecule has 13 aromatic carbocycles. The number of amides is 4. The van der Waals surface area contributed by atoms with Crippen LogP contribution in [-0.4, -0.2) is 136 Å². The van der Waals surface area contributed by atoms with Gasteiger partial charge in [-0.05, 0) is 289 Å². The van der Waals surface area contributed by atoms with Gasteiger partial charge >= 0.3 is 5.97 Å². The minimum Gasteiger partial charge on any atom is -0.508 e. The summed E-state index contributed by atoms with van der Waals surface area (Å²) in [5, 5.41) is 34.3. The number of aromatic amines is 4. The van der Waals surface area contributed by atoms with Gasteiger partial charge in [-0.1, -0.05) is 158 Å². The van der Waals surface area contributed by atoms with Gasteiger partial charge in [0.25, 0.3) is 23.6 Å². The van der Waals surface area contributed by atoms with Crippen molar-refractivity contribution in [3.8, 4) is 101 Å². The fraction of sp³-hybridized carbons (Fsp3) is 0.188. The minimum atomic E-state index is -1.02. The third-order valence-electron chi connectivity index (χ3n) is 24.1. The third-order valence-corrected chi connectivity index (χ3v) is 24.1. The second-order valence-corrected chi connectivity index (χ2v) is 34.4. The predicted molar refractivity (Wildman–Crippen MR) is 550 cm³/mol. The fourth-order valence-corrected chi connectivity index (χ4v) is 16.7. The molecule has 26 N–H and O–H groups in total. The summed E-state index contributed by atoms with van der Waals surface area (Å²) in [6, 6.07) is 84.3. The quantitative estimate of drug-likeness (QED) is 0.0162. The molecule has 17 aromatic rings. The molecule has 4 aromatic heterocycles. The Bertz CT molecular complexity index is 7140. The molecule has 724 valence electrons. The molecule has 0 bridgehead atoms. The van der Waals surface area contributed by atoms with E-state index in [-0.39, 0.29) is 88.2 Å². The molecular weight excluding hydrogens is 1790 g/mol. The van der Waals surface area contributed by atoms with Crippen molar-refractivity contribution in [2.45, 2.75) is 82.1 Å². The molecule has 0 saturated carbocycles. The van der Waals surface area contributed by atoms with E-state index in [9.17, 15) is 56.1 Å². The molecule has 29 heteroatoms. The molecule has 0 saturated heterocycles. The number of nitrogens with one attached hydrogen (secondary N) is 8. The lowest BCUT2D eigenvalue weighted by atomic mass is 9.97. The number of rotatable bonds is 36. The lowest BCUT2D eigenvalue weighted by Gasteiger charge is -2.13. The van der Waals surface area contributed by atoms with Crippen LogP contribution in [0.15, 0.2) is 297 Å². The number of ether oxygens (including phenoxy) is 1. The molecule has 0 aliphatic heterocycles. The molecule has 0 unspecified atom stereocenters. The normalized spacial score (nSPS) is 12.0. The molecule has 0 aliphatic carbocycles. The van der Waals surface area contributed by atoms with Crippen LogP contribution in [0.1, 0.15) is 109 Å². The van der Waals surface area contributed by atoms with Gasteiger partial charge in [-0.15, -0.1) is 0 Å². The van der Waals surface area contributed by atoms with Crippen molar-refractivity contribution in [2.75, 3.05) is 52.4 Å². The number of aromatic nitrogens is 4. The Kier molecular flexibility index (Phi) is 34.8. The van der Waals surface area contributed by atoms with Crippen molar-refractivity contribution in [1.29, 1.82) is 0 Å². The number of H-pyrrole nitrogens is 4. The SMILES string of the molecule is NCCC[C@@H](N)CNC(=O)c1[nH]c2cc(-c3ccc(F)cc3)ccc2c1-c1ccc(C(=O)O)cc1.NCCC[C@H](N)CNC(=O)c1[nH]c2ccc(-c3ccc(F)cc3)cc2c1-c1ccc(F)cc1.NCCC[C@H](N)CNC(=O)c1[nH]c2ccc(-c3ccc(F)cc3)cc2c1-c1cccc(O)c1.NCCC[C@H](N)CNC(=O)c1[nH]c2ccc(-c3ccc(F)cc3)cc2c1-c1cccc(OCc2ccccc2)c1. The van der Waals surface area contributed by atoms with E-state index in [4.69, 9.17) is 50.6 Å². The van der Waals surface area contributed by atoms with E-state index in [1.807, 2.05) is 133 Å². The first kappa shape index (κ1) is 101. The number of aromatic hydroxyl groups is 1. The fourth-order valence-electron chi connectivity index (χ4n) is 16.7. The molecule has 141 heavy (non-hydrogen) atoms. The van der Waals surface area contributed by atoms with Gasteiger partial charge in [0.2, 0.25) is 0 Å². The van der Waals surface area contributed by atoms with Crippen molar-refractivity contribution in [2.24, 2.45) is 45.9 Å². The first-order chi connectivity index (χ1) is 68.3. The van der Waals surface area contributed by atoms with Crippen LogP contribution in [-0.2, 0) is 6.61 Å². The summed E-state index contributed by atoms with van der Waals surface area (Å²) in [7, 11) is 0. The van der Waals surface area contributed by atoms with Crippen LogP contribution in [0.25, 0.3) is 133 Å². The summed E-state index contributed by atoms with van der Waals surface area (Å²) >= 11 is 0. The Hall–Kier alpha value is -15.7. The van der Waals surface area contributed by atoms with Crippen molar-refractivity contribution in [3.63, 3.8) is 0 Å². The van der Waals surface area contributed by atoms with Crippen LogP contribution in [0.2, 0.25) is 0 Å². The number of benzene rings is 13. The van der Waals surface area contributed by atoms with E-state index in [1.165, 1.54) is 72.8 Å². The molecule has 0 fully saturated rings. The number of hydrogen-bond donors (Lipinski definition) is 18. The topological polar surface area (TPSA) is 454 Å². The number of fused-ring (bicyclic) bond motifs is 4. The average Bonchev–Trinajstić information content (AvgIpc) is 1.63. The molecule has 0 spiro atoms. The second-order valence-electron chi connectivity index (χ2n) is 34.4. The van der Waals surface area contributed by atoms with E-state index < -0.39 is 5.97 Å². The molecular formula is C112H113F5N16O8.